The fourth-order valence-corrected chi connectivity index (χ4v) is 3.26. The summed E-state index contributed by atoms with van der Waals surface area (Å²) in [6.45, 7) is 6.53. The maximum atomic E-state index is 12.5. The molecule has 0 aromatic heterocycles. The van der Waals surface area contributed by atoms with Gasteiger partial charge in [0.2, 0.25) is 0 Å². The number of benzene rings is 3. The highest BCUT2D eigenvalue weighted by atomic mass is 16.6. The van der Waals surface area contributed by atoms with Crippen molar-refractivity contribution in [1.82, 2.24) is 0 Å². The molecule has 0 atom stereocenters. The molecule has 0 aliphatic carbocycles. The molecule has 0 radical (unpaired) electrons. The number of hydrogen-bond acceptors (Lipinski definition) is 5. The Morgan fingerprint density at radius 3 is 1.97 bits per heavy atom. The standard InChI is InChI=1S/C28H28O5/c1-28(2,3)24-16-14-22(15-17-24)26(30)33-27(31)23-13-7-9-20(19-23)10-8-18-32-25(29)21-11-5-4-6-12-21/h4-7,9,11-17,19H,8,10,18H2,1-3H3. The second-order valence-corrected chi connectivity index (χ2v) is 8.81. The molecule has 3 aromatic carbocycles. The number of esters is 3. The summed E-state index contributed by atoms with van der Waals surface area (Å²) in [5, 5.41) is 0. The first-order valence-corrected chi connectivity index (χ1v) is 10.9. The molecule has 33 heavy (non-hydrogen) atoms. The van der Waals surface area contributed by atoms with E-state index in [0.717, 1.165) is 11.1 Å². The zero-order chi connectivity index (χ0) is 23.8. The smallest absolute Gasteiger partial charge is 0.346 e. The monoisotopic (exact) mass is 444 g/mol. The van der Waals surface area contributed by atoms with Gasteiger partial charge in [0.15, 0.2) is 0 Å². The quantitative estimate of drug-likeness (QED) is 0.263. The summed E-state index contributed by atoms with van der Waals surface area (Å²) in [6.07, 6.45) is 1.22. The van der Waals surface area contributed by atoms with Gasteiger partial charge in [-0.25, -0.2) is 14.4 Å². The first-order valence-electron chi connectivity index (χ1n) is 10.9. The van der Waals surface area contributed by atoms with Crippen LogP contribution in [-0.4, -0.2) is 24.5 Å². The summed E-state index contributed by atoms with van der Waals surface area (Å²) in [6, 6.07) is 22.8. The molecule has 0 bridgehead atoms. The Morgan fingerprint density at radius 1 is 0.697 bits per heavy atom. The van der Waals surface area contributed by atoms with E-state index in [1.54, 1.807) is 54.6 Å². The van der Waals surface area contributed by atoms with E-state index in [-0.39, 0.29) is 18.0 Å². The van der Waals surface area contributed by atoms with Crippen molar-refractivity contribution in [3.63, 3.8) is 0 Å². The fourth-order valence-electron chi connectivity index (χ4n) is 3.26. The minimum atomic E-state index is -0.697. The van der Waals surface area contributed by atoms with Crippen LogP contribution in [0, 0.1) is 0 Å². The summed E-state index contributed by atoms with van der Waals surface area (Å²) < 4.78 is 10.3. The van der Waals surface area contributed by atoms with Gasteiger partial charge in [0.05, 0.1) is 23.3 Å². The Balaban J connectivity index is 1.51. The maximum absolute atomic E-state index is 12.5. The van der Waals surface area contributed by atoms with E-state index in [1.807, 2.05) is 24.3 Å². The lowest BCUT2D eigenvalue weighted by molar-refractivity contribution is 0.0396. The number of rotatable bonds is 7. The zero-order valence-electron chi connectivity index (χ0n) is 19.2. The van der Waals surface area contributed by atoms with E-state index in [9.17, 15) is 14.4 Å². The molecule has 170 valence electrons. The van der Waals surface area contributed by atoms with E-state index in [4.69, 9.17) is 9.47 Å². The van der Waals surface area contributed by atoms with Crippen molar-refractivity contribution >= 4 is 17.9 Å². The van der Waals surface area contributed by atoms with Gasteiger partial charge in [-0.3, -0.25) is 0 Å². The van der Waals surface area contributed by atoms with Crippen LogP contribution in [0.15, 0.2) is 78.9 Å². The Labute approximate surface area is 194 Å². The van der Waals surface area contributed by atoms with Crippen molar-refractivity contribution in [2.45, 2.75) is 39.0 Å². The molecule has 0 amide bonds. The molecule has 0 aliphatic rings. The molecular formula is C28H28O5. The topological polar surface area (TPSA) is 69.7 Å². The highest BCUT2D eigenvalue weighted by Crippen LogP contribution is 2.22. The van der Waals surface area contributed by atoms with Gasteiger partial charge in [0.1, 0.15) is 0 Å². The molecule has 5 nitrogen and oxygen atoms in total. The van der Waals surface area contributed by atoms with Crippen LogP contribution in [0.5, 0.6) is 0 Å². The van der Waals surface area contributed by atoms with Gasteiger partial charge in [0, 0.05) is 0 Å². The van der Waals surface area contributed by atoms with Crippen molar-refractivity contribution in [2.75, 3.05) is 6.61 Å². The van der Waals surface area contributed by atoms with Gasteiger partial charge >= 0.3 is 17.9 Å². The fraction of sp³-hybridized carbons (Fsp3) is 0.250. The van der Waals surface area contributed by atoms with Crippen LogP contribution in [0.3, 0.4) is 0 Å². The first kappa shape index (κ1) is 23.9. The van der Waals surface area contributed by atoms with Crippen LogP contribution in [0.4, 0.5) is 0 Å². The number of carbonyl (C=O) groups is 3. The summed E-state index contributed by atoms with van der Waals surface area (Å²) in [7, 11) is 0. The molecule has 0 heterocycles. The molecule has 5 heteroatoms. The highest BCUT2D eigenvalue weighted by molar-refractivity contribution is 6.02. The molecule has 3 aromatic rings. The average molecular weight is 445 g/mol. The third-order valence-corrected chi connectivity index (χ3v) is 5.19. The second kappa shape index (κ2) is 10.7. The van der Waals surface area contributed by atoms with Gasteiger partial charge in [-0.1, -0.05) is 63.2 Å². The lowest BCUT2D eigenvalue weighted by atomic mass is 9.87. The molecule has 0 aliphatic heterocycles. The molecule has 3 rings (SSSR count). The van der Waals surface area contributed by atoms with Gasteiger partial charge in [-0.15, -0.1) is 0 Å². The largest absolute Gasteiger partial charge is 0.462 e. The predicted molar refractivity (Wildman–Crippen MR) is 126 cm³/mol. The van der Waals surface area contributed by atoms with Crippen LogP contribution in [0.25, 0.3) is 0 Å². The van der Waals surface area contributed by atoms with Crippen LogP contribution < -0.4 is 0 Å². The van der Waals surface area contributed by atoms with Crippen LogP contribution in [0.1, 0.15) is 69.4 Å². The molecule has 0 saturated carbocycles. The molecule has 0 spiro atoms. The van der Waals surface area contributed by atoms with Gasteiger partial charge in [-0.05, 0) is 65.8 Å². The van der Waals surface area contributed by atoms with Crippen molar-refractivity contribution in [3.8, 4) is 0 Å². The van der Waals surface area contributed by atoms with Crippen molar-refractivity contribution in [2.24, 2.45) is 0 Å². The molecule has 0 unspecified atom stereocenters. The summed E-state index contributed by atoms with van der Waals surface area (Å²) >= 11 is 0. The predicted octanol–water partition coefficient (Wildman–Crippen LogP) is 5.77. The minimum Gasteiger partial charge on any atom is -0.462 e. The number of hydrogen-bond donors (Lipinski definition) is 0. The van der Waals surface area contributed by atoms with Crippen molar-refractivity contribution < 1.29 is 23.9 Å². The average Bonchev–Trinajstić information content (AvgIpc) is 2.82. The van der Waals surface area contributed by atoms with Gasteiger partial charge < -0.3 is 9.47 Å². The normalized spacial score (nSPS) is 11.0. The Hall–Kier alpha value is -3.73. The highest BCUT2D eigenvalue weighted by Gasteiger charge is 2.18. The van der Waals surface area contributed by atoms with E-state index >= 15 is 0 Å². The molecule has 0 N–H and O–H groups in total. The number of ether oxygens (including phenoxy) is 2. The van der Waals surface area contributed by atoms with E-state index in [0.29, 0.717) is 29.5 Å². The summed E-state index contributed by atoms with van der Waals surface area (Å²) in [5.41, 5.74) is 3.09. The lowest BCUT2D eigenvalue weighted by Crippen LogP contribution is -2.14. The third kappa shape index (κ3) is 6.88. The molecule has 0 saturated heterocycles. The number of aryl methyl sites for hydroxylation is 1. The van der Waals surface area contributed by atoms with Crippen molar-refractivity contribution in [1.29, 1.82) is 0 Å². The second-order valence-electron chi connectivity index (χ2n) is 8.81. The third-order valence-electron chi connectivity index (χ3n) is 5.19. The lowest BCUT2D eigenvalue weighted by Gasteiger charge is -2.18. The van der Waals surface area contributed by atoms with Crippen LogP contribution >= 0.6 is 0 Å². The Kier molecular flexibility index (Phi) is 7.78. The Bertz CT molecular complexity index is 1110. The SMILES string of the molecule is CC(C)(C)c1ccc(C(=O)OC(=O)c2cccc(CCCOC(=O)c3ccccc3)c2)cc1. The number of carbonyl (C=O) groups excluding carboxylic acids is 3. The zero-order valence-corrected chi connectivity index (χ0v) is 19.2. The van der Waals surface area contributed by atoms with Gasteiger partial charge in [-0.2, -0.15) is 0 Å². The van der Waals surface area contributed by atoms with Gasteiger partial charge in [0.25, 0.3) is 0 Å². The van der Waals surface area contributed by atoms with Crippen LogP contribution in [0.2, 0.25) is 0 Å². The minimum absolute atomic E-state index is 0.0292. The molecular weight excluding hydrogens is 416 g/mol. The van der Waals surface area contributed by atoms with E-state index < -0.39 is 11.9 Å². The molecule has 0 fully saturated rings. The van der Waals surface area contributed by atoms with Crippen LogP contribution in [-0.2, 0) is 21.3 Å². The summed E-state index contributed by atoms with van der Waals surface area (Å²) in [4.78, 5) is 36.8. The van der Waals surface area contributed by atoms with Crippen molar-refractivity contribution in [3.05, 3.63) is 107 Å². The maximum Gasteiger partial charge on any atom is 0.346 e. The first-order chi connectivity index (χ1) is 15.7. The Morgan fingerprint density at radius 2 is 1.30 bits per heavy atom. The van der Waals surface area contributed by atoms with E-state index in [2.05, 4.69) is 20.8 Å². The summed E-state index contributed by atoms with van der Waals surface area (Å²) in [5.74, 6) is -1.74. The van der Waals surface area contributed by atoms with E-state index in [1.165, 1.54) is 0 Å².